The number of nitrogens with zero attached hydrogens (tertiary/aromatic N) is 3. The zero-order chi connectivity index (χ0) is 14.8. The predicted octanol–water partition coefficient (Wildman–Crippen LogP) is 2.70. The van der Waals surface area contributed by atoms with Gasteiger partial charge in [0.15, 0.2) is 5.13 Å². The molecule has 0 aliphatic rings. The molecule has 0 aliphatic carbocycles. The van der Waals surface area contributed by atoms with Gasteiger partial charge in [0, 0.05) is 12.4 Å². The molecule has 6 nitrogen and oxygen atoms in total. The number of carbonyl (C=O) groups is 1. The summed E-state index contributed by atoms with van der Waals surface area (Å²) < 4.78 is 7.84. The molecule has 1 N–H and O–H groups in total. The van der Waals surface area contributed by atoms with Gasteiger partial charge in [-0.3, -0.25) is 9.48 Å². The second-order valence-corrected chi connectivity index (χ2v) is 5.51. The molecule has 1 aromatic carbocycles. The summed E-state index contributed by atoms with van der Waals surface area (Å²) in [6, 6.07) is 7.08. The molecule has 2 heterocycles. The van der Waals surface area contributed by atoms with Crippen molar-refractivity contribution in [2.75, 3.05) is 12.4 Å². The fourth-order valence-corrected chi connectivity index (χ4v) is 2.87. The number of aromatic nitrogens is 3. The first-order valence-electron chi connectivity index (χ1n) is 6.42. The molecule has 21 heavy (non-hydrogen) atoms. The minimum absolute atomic E-state index is 0.156. The second kappa shape index (κ2) is 5.53. The number of anilines is 1. The predicted molar refractivity (Wildman–Crippen MR) is 81.7 cm³/mol. The SMILES string of the molecule is COc1cccc2sc(NC(=O)C(C)n3cccn3)nc12. The maximum absolute atomic E-state index is 12.2. The van der Waals surface area contributed by atoms with Crippen LogP contribution < -0.4 is 10.1 Å². The molecule has 1 unspecified atom stereocenters. The molecule has 0 saturated heterocycles. The Morgan fingerprint density at radius 2 is 2.29 bits per heavy atom. The number of rotatable bonds is 4. The molecule has 0 radical (unpaired) electrons. The maximum atomic E-state index is 12.2. The highest BCUT2D eigenvalue weighted by atomic mass is 32.1. The van der Waals surface area contributed by atoms with Gasteiger partial charge in [-0.25, -0.2) is 4.98 Å². The zero-order valence-electron chi connectivity index (χ0n) is 11.6. The minimum atomic E-state index is -0.395. The van der Waals surface area contributed by atoms with Crippen molar-refractivity contribution < 1.29 is 9.53 Å². The van der Waals surface area contributed by atoms with Crippen LogP contribution in [0.4, 0.5) is 5.13 Å². The average molecular weight is 302 g/mol. The molecule has 0 fully saturated rings. The lowest BCUT2D eigenvalue weighted by Crippen LogP contribution is -2.23. The van der Waals surface area contributed by atoms with E-state index in [-0.39, 0.29) is 5.91 Å². The number of fused-ring (bicyclic) bond motifs is 1. The summed E-state index contributed by atoms with van der Waals surface area (Å²) in [5.74, 6) is 0.543. The number of ether oxygens (including phenoxy) is 1. The third-order valence-corrected chi connectivity index (χ3v) is 4.07. The van der Waals surface area contributed by atoms with Gasteiger partial charge >= 0.3 is 0 Å². The quantitative estimate of drug-likeness (QED) is 0.804. The Bertz CT molecular complexity index is 766. The smallest absolute Gasteiger partial charge is 0.250 e. The Labute approximate surface area is 125 Å². The summed E-state index contributed by atoms with van der Waals surface area (Å²) in [6.07, 6.45) is 3.40. The van der Waals surface area contributed by atoms with Crippen molar-refractivity contribution in [3.63, 3.8) is 0 Å². The number of methoxy groups -OCH3 is 1. The first-order chi connectivity index (χ1) is 10.2. The first-order valence-corrected chi connectivity index (χ1v) is 7.24. The largest absolute Gasteiger partial charge is 0.494 e. The molecular weight excluding hydrogens is 288 g/mol. The van der Waals surface area contributed by atoms with Crippen LogP contribution in [0.1, 0.15) is 13.0 Å². The van der Waals surface area contributed by atoms with E-state index in [1.165, 1.54) is 11.3 Å². The van der Waals surface area contributed by atoms with E-state index in [0.29, 0.717) is 10.9 Å². The van der Waals surface area contributed by atoms with E-state index >= 15 is 0 Å². The maximum Gasteiger partial charge on any atom is 0.250 e. The number of benzene rings is 1. The van der Waals surface area contributed by atoms with Crippen molar-refractivity contribution in [3.05, 3.63) is 36.7 Å². The molecule has 7 heteroatoms. The number of hydrogen-bond donors (Lipinski definition) is 1. The standard InChI is InChI=1S/C14H14N4O2S/c1-9(18-8-4-7-15-18)13(19)17-14-16-12-10(20-2)5-3-6-11(12)21-14/h3-9H,1-2H3,(H,16,17,19). The van der Waals surface area contributed by atoms with Crippen LogP contribution >= 0.6 is 11.3 Å². The summed E-state index contributed by atoms with van der Waals surface area (Å²) in [5.41, 5.74) is 0.757. The van der Waals surface area contributed by atoms with Crippen LogP contribution in [-0.2, 0) is 4.79 Å². The van der Waals surface area contributed by atoms with E-state index in [2.05, 4.69) is 15.4 Å². The van der Waals surface area contributed by atoms with Gasteiger partial charge in [-0.15, -0.1) is 0 Å². The Morgan fingerprint density at radius 3 is 3.00 bits per heavy atom. The normalized spacial score (nSPS) is 12.3. The average Bonchev–Trinajstić information content (AvgIpc) is 3.14. The molecule has 2 aromatic heterocycles. The molecule has 1 atom stereocenters. The van der Waals surface area contributed by atoms with Crippen molar-refractivity contribution in [1.82, 2.24) is 14.8 Å². The van der Waals surface area contributed by atoms with Crippen LogP contribution in [0.3, 0.4) is 0 Å². The minimum Gasteiger partial charge on any atom is -0.494 e. The van der Waals surface area contributed by atoms with Crippen LogP contribution in [0, 0.1) is 0 Å². The number of thiazole rings is 1. The lowest BCUT2D eigenvalue weighted by atomic mass is 10.3. The Kier molecular flexibility index (Phi) is 3.57. The molecule has 3 aromatic rings. The Morgan fingerprint density at radius 1 is 1.43 bits per heavy atom. The molecular formula is C14H14N4O2S. The zero-order valence-corrected chi connectivity index (χ0v) is 12.4. The van der Waals surface area contributed by atoms with Gasteiger partial charge in [0.2, 0.25) is 0 Å². The van der Waals surface area contributed by atoms with E-state index in [0.717, 1.165) is 10.2 Å². The lowest BCUT2D eigenvalue weighted by molar-refractivity contribution is -0.119. The van der Waals surface area contributed by atoms with E-state index in [9.17, 15) is 4.79 Å². The van der Waals surface area contributed by atoms with Crippen molar-refractivity contribution in [2.24, 2.45) is 0 Å². The van der Waals surface area contributed by atoms with Crippen molar-refractivity contribution in [1.29, 1.82) is 0 Å². The molecule has 3 rings (SSSR count). The number of carbonyl (C=O) groups excluding carboxylic acids is 1. The monoisotopic (exact) mass is 302 g/mol. The van der Waals surface area contributed by atoms with Gasteiger partial charge in [0.1, 0.15) is 17.3 Å². The molecule has 108 valence electrons. The summed E-state index contributed by atoms with van der Waals surface area (Å²) in [4.78, 5) is 16.6. The summed E-state index contributed by atoms with van der Waals surface area (Å²) in [6.45, 7) is 1.79. The van der Waals surface area contributed by atoms with Gasteiger partial charge in [-0.05, 0) is 25.1 Å². The number of hydrogen-bond acceptors (Lipinski definition) is 5. The first kappa shape index (κ1) is 13.6. The van der Waals surface area contributed by atoms with Crippen LogP contribution in [0.15, 0.2) is 36.7 Å². The summed E-state index contributed by atoms with van der Waals surface area (Å²) >= 11 is 1.42. The van der Waals surface area contributed by atoms with Gasteiger partial charge < -0.3 is 10.1 Å². The Hall–Kier alpha value is -2.41. The molecule has 0 aliphatic heterocycles. The molecule has 0 saturated carbocycles. The highest BCUT2D eigenvalue weighted by Gasteiger charge is 2.17. The fraction of sp³-hybridized carbons (Fsp3) is 0.214. The molecule has 0 bridgehead atoms. The highest BCUT2D eigenvalue weighted by Crippen LogP contribution is 2.32. The van der Waals surface area contributed by atoms with Crippen LogP contribution in [0.2, 0.25) is 0 Å². The van der Waals surface area contributed by atoms with Gasteiger partial charge in [-0.2, -0.15) is 5.10 Å². The second-order valence-electron chi connectivity index (χ2n) is 4.48. The number of nitrogens with one attached hydrogen (secondary N) is 1. The van der Waals surface area contributed by atoms with Crippen LogP contribution in [0.5, 0.6) is 5.75 Å². The third kappa shape index (κ3) is 2.59. The molecule has 0 spiro atoms. The Balaban J connectivity index is 1.83. The van der Waals surface area contributed by atoms with E-state index in [1.54, 1.807) is 37.2 Å². The van der Waals surface area contributed by atoms with Crippen molar-refractivity contribution in [2.45, 2.75) is 13.0 Å². The topological polar surface area (TPSA) is 69.0 Å². The molecule has 1 amide bonds. The lowest BCUT2D eigenvalue weighted by Gasteiger charge is -2.10. The van der Waals surface area contributed by atoms with Gasteiger partial charge in [0.05, 0.1) is 11.8 Å². The van der Waals surface area contributed by atoms with E-state index in [1.807, 2.05) is 18.2 Å². The van der Waals surface area contributed by atoms with Gasteiger partial charge in [-0.1, -0.05) is 17.4 Å². The van der Waals surface area contributed by atoms with Crippen LogP contribution in [0.25, 0.3) is 10.2 Å². The number of amides is 1. The van der Waals surface area contributed by atoms with Gasteiger partial charge in [0.25, 0.3) is 5.91 Å². The summed E-state index contributed by atoms with van der Waals surface area (Å²) in [5, 5.41) is 7.44. The van der Waals surface area contributed by atoms with Crippen LogP contribution in [-0.4, -0.2) is 27.8 Å². The highest BCUT2D eigenvalue weighted by molar-refractivity contribution is 7.22. The fourth-order valence-electron chi connectivity index (χ4n) is 1.98. The van der Waals surface area contributed by atoms with Crippen molar-refractivity contribution in [3.8, 4) is 5.75 Å². The van der Waals surface area contributed by atoms with E-state index < -0.39 is 6.04 Å². The van der Waals surface area contributed by atoms with Crippen molar-refractivity contribution >= 4 is 32.6 Å². The number of para-hydroxylation sites is 1. The third-order valence-electron chi connectivity index (χ3n) is 3.13. The van der Waals surface area contributed by atoms with E-state index in [4.69, 9.17) is 4.74 Å². The summed E-state index contributed by atoms with van der Waals surface area (Å²) in [7, 11) is 1.60.